The van der Waals surface area contributed by atoms with Gasteiger partial charge in [0, 0.05) is 41.2 Å². The van der Waals surface area contributed by atoms with Gasteiger partial charge in [0.25, 0.3) is 0 Å². The standard InChI is InChI=1S/C19H20N2O2/c1-11-17-14(21-20-11)10-12-6-5-8-15(22)18(12)19(17)13-7-3-4-9-16(13)23-2/h3-4,7,9,19H,5-6,8,10H2,1-2H3,(H,20,21). The Balaban J connectivity index is 1.98. The topological polar surface area (TPSA) is 55.0 Å². The Kier molecular flexibility index (Phi) is 3.33. The number of aromatic amines is 1. The van der Waals surface area contributed by atoms with E-state index in [1.807, 2.05) is 25.1 Å². The lowest BCUT2D eigenvalue weighted by atomic mass is 9.71. The number of ether oxygens (including phenoxy) is 1. The summed E-state index contributed by atoms with van der Waals surface area (Å²) >= 11 is 0. The Labute approximate surface area is 135 Å². The molecule has 4 rings (SSSR count). The van der Waals surface area contributed by atoms with Gasteiger partial charge < -0.3 is 4.74 Å². The fourth-order valence-corrected chi connectivity index (χ4v) is 4.05. The van der Waals surface area contributed by atoms with Crippen molar-refractivity contribution in [3.8, 4) is 5.75 Å². The number of nitrogens with one attached hydrogen (secondary N) is 1. The van der Waals surface area contributed by atoms with Crippen molar-refractivity contribution < 1.29 is 9.53 Å². The van der Waals surface area contributed by atoms with E-state index >= 15 is 0 Å². The summed E-state index contributed by atoms with van der Waals surface area (Å²) in [7, 11) is 1.68. The lowest BCUT2D eigenvalue weighted by Gasteiger charge is -2.32. The van der Waals surface area contributed by atoms with Crippen LogP contribution in [-0.2, 0) is 11.2 Å². The number of carbonyl (C=O) groups excluding carboxylic acids is 1. The minimum atomic E-state index is -0.0588. The summed E-state index contributed by atoms with van der Waals surface area (Å²) in [5, 5.41) is 7.60. The van der Waals surface area contributed by atoms with Gasteiger partial charge in [-0.2, -0.15) is 5.10 Å². The van der Waals surface area contributed by atoms with Crippen LogP contribution >= 0.6 is 0 Å². The van der Waals surface area contributed by atoms with Crippen molar-refractivity contribution in [2.75, 3.05) is 7.11 Å². The van der Waals surface area contributed by atoms with E-state index in [-0.39, 0.29) is 11.7 Å². The van der Waals surface area contributed by atoms with Crippen LogP contribution in [-0.4, -0.2) is 23.1 Å². The summed E-state index contributed by atoms with van der Waals surface area (Å²) in [6.45, 7) is 2.03. The highest BCUT2D eigenvalue weighted by Gasteiger charge is 2.38. The third-order valence-corrected chi connectivity index (χ3v) is 5.05. The molecule has 0 fully saturated rings. The molecule has 0 saturated carbocycles. The molecule has 0 amide bonds. The molecule has 0 spiro atoms. The lowest BCUT2D eigenvalue weighted by Crippen LogP contribution is -2.25. The molecule has 4 heteroatoms. The number of para-hydroxylation sites is 1. The monoisotopic (exact) mass is 308 g/mol. The predicted molar refractivity (Wildman–Crippen MR) is 87.7 cm³/mol. The van der Waals surface area contributed by atoms with Crippen LogP contribution in [0.25, 0.3) is 0 Å². The third kappa shape index (κ3) is 2.12. The lowest BCUT2D eigenvalue weighted by molar-refractivity contribution is -0.116. The second-order valence-electron chi connectivity index (χ2n) is 6.35. The largest absolute Gasteiger partial charge is 0.496 e. The highest BCUT2D eigenvalue weighted by atomic mass is 16.5. The van der Waals surface area contributed by atoms with Gasteiger partial charge in [0.05, 0.1) is 12.8 Å². The van der Waals surface area contributed by atoms with Gasteiger partial charge in [0.15, 0.2) is 5.78 Å². The molecule has 0 saturated heterocycles. The molecule has 1 N–H and O–H groups in total. The smallest absolute Gasteiger partial charge is 0.159 e. The number of allylic oxidation sites excluding steroid dienone is 2. The van der Waals surface area contributed by atoms with Crippen LogP contribution in [0, 0.1) is 6.92 Å². The first kappa shape index (κ1) is 14.2. The van der Waals surface area contributed by atoms with Gasteiger partial charge in [-0.15, -0.1) is 0 Å². The van der Waals surface area contributed by atoms with E-state index in [2.05, 4.69) is 16.3 Å². The Morgan fingerprint density at radius 2 is 2.09 bits per heavy atom. The second kappa shape index (κ2) is 5.37. The number of H-pyrrole nitrogens is 1. The Bertz CT molecular complexity index is 817. The molecule has 0 radical (unpaired) electrons. The Morgan fingerprint density at radius 1 is 1.26 bits per heavy atom. The number of fused-ring (bicyclic) bond motifs is 1. The summed E-state index contributed by atoms with van der Waals surface area (Å²) in [5.74, 6) is 1.06. The van der Waals surface area contributed by atoms with E-state index in [4.69, 9.17) is 4.74 Å². The fourth-order valence-electron chi connectivity index (χ4n) is 4.05. The maximum absolute atomic E-state index is 12.7. The van der Waals surface area contributed by atoms with Gasteiger partial charge in [0.2, 0.25) is 0 Å². The molecule has 1 atom stereocenters. The number of aromatic nitrogens is 2. The molecule has 1 aromatic heterocycles. The number of rotatable bonds is 2. The van der Waals surface area contributed by atoms with Crippen molar-refractivity contribution in [1.82, 2.24) is 10.2 Å². The van der Waals surface area contributed by atoms with Gasteiger partial charge in [-0.25, -0.2) is 0 Å². The van der Waals surface area contributed by atoms with E-state index in [9.17, 15) is 4.79 Å². The molecule has 0 bridgehead atoms. The quantitative estimate of drug-likeness (QED) is 0.924. The number of hydrogen-bond donors (Lipinski definition) is 1. The van der Waals surface area contributed by atoms with E-state index in [1.54, 1.807) is 7.11 Å². The van der Waals surface area contributed by atoms with Crippen molar-refractivity contribution in [3.05, 3.63) is 57.9 Å². The second-order valence-corrected chi connectivity index (χ2v) is 6.35. The van der Waals surface area contributed by atoms with Crippen molar-refractivity contribution in [2.24, 2.45) is 0 Å². The molecule has 1 unspecified atom stereocenters. The first-order valence-electron chi connectivity index (χ1n) is 8.12. The molecule has 118 valence electrons. The van der Waals surface area contributed by atoms with Gasteiger partial charge in [-0.1, -0.05) is 23.8 Å². The molecule has 4 nitrogen and oxygen atoms in total. The summed E-state index contributed by atoms with van der Waals surface area (Å²) < 4.78 is 5.58. The van der Waals surface area contributed by atoms with Crippen LogP contribution in [0.4, 0.5) is 0 Å². The Hall–Kier alpha value is -2.36. The maximum Gasteiger partial charge on any atom is 0.159 e. The van der Waals surface area contributed by atoms with E-state index in [0.717, 1.165) is 53.1 Å². The van der Waals surface area contributed by atoms with Crippen molar-refractivity contribution in [2.45, 2.75) is 38.5 Å². The minimum absolute atomic E-state index is 0.0588. The summed E-state index contributed by atoms with van der Waals surface area (Å²) in [6.07, 6.45) is 3.40. The molecule has 2 aromatic rings. The number of hydrogen-bond acceptors (Lipinski definition) is 3. The van der Waals surface area contributed by atoms with Crippen LogP contribution in [0.2, 0.25) is 0 Å². The highest BCUT2D eigenvalue weighted by Crippen LogP contribution is 2.47. The number of nitrogens with zero attached hydrogens (tertiary/aromatic N) is 1. The summed E-state index contributed by atoms with van der Waals surface area (Å²) in [4.78, 5) is 12.7. The molecule has 23 heavy (non-hydrogen) atoms. The minimum Gasteiger partial charge on any atom is -0.496 e. The first-order chi connectivity index (χ1) is 11.2. The fraction of sp³-hybridized carbons (Fsp3) is 0.368. The van der Waals surface area contributed by atoms with E-state index in [1.165, 1.54) is 5.57 Å². The third-order valence-electron chi connectivity index (χ3n) is 5.05. The number of ketones is 1. The van der Waals surface area contributed by atoms with Gasteiger partial charge in [0.1, 0.15) is 5.75 Å². The zero-order valence-electron chi connectivity index (χ0n) is 13.5. The average molecular weight is 308 g/mol. The molecule has 2 aliphatic rings. The molecule has 1 heterocycles. The number of methoxy groups -OCH3 is 1. The number of carbonyl (C=O) groups is 1. The van der Waals surface area contributed by atoms with Crippen molar-refractivity contribution in [1.29, 1.82) is 0 Å². The zero-order chi connectivity index (χ0) is 16.0. The van der Waals surface area contributed by atoms with Crippen LogP contribution in [0.5, 0.6) is 5.75 Å². The first-order valence-corrected chi connectivity index (χ1v) is 8.12. The molecular formula is C19H20N2O2. The zero-order valence-corrected chi connectivity index (χ0v) is 13.5. The number of Topliss-reactive ketones (excluding diaryl/α,β-unsaturated/α-hetero) is 1. The summed E-state index contributed by atoms with van der Waals surface area (Å²) in [5.41, 5.74) is 6.58. The van der Waals surface area contributed by atoms with Crippen LogP contribution in [0.15, 0.2) is 35.4 Å². The molecule has 0 aliphatic heterocycles. The number of benzene rings is 1. The molecule has 2 aliphatic carbocycles. The molecule has 1 aromatic carbocycles. The predicted octanol–water partition coefficient (Wildman–Crippen LogP) is 3.46. The average Bonchev–Trinajstić information content (AvgIpc) is 2.94. The highest BCUT2D eigenvalue weighted by molar-refractivity contribution is 6.00. The summed E-state index contributed by atoms with van der Waals surface area (Å²) in [6, 6.07) is 8.01. The SMILES string of the molecule is COc1ccccc1C1C2=C(CCCC2=O)Cc2n[nH]c(C)c21. The normalized spacial score (nSPS) is 20.3. The van der Waals surface area contributed by atoms with E-state index in [0.29, 0.717) is 6.42 Å². The van der Waals surface area contributed by atoms with Gasteiger partial charge in [-0.05, 0) is 25.8 Å². The van der Waals surface area contributed by atoms with Crippen LogP contribution < -0.4 is 4.74 Å². The Morgan fingerprint density at radius 3 is 2.91 bits per heavy atom. The van der Waals surface area contributed by atoms with Crippen molar-refractivity contribution >= 4 is 5.78 Å². The van der Waals surface area contributed by atoms with Gasteiger partial charge >= 0.3 is 0 Å². The van der Waals surface area contributed by atoms with E-state index < -0.39 is 0 Å². The van der Waals surface area contributed by atoms with Crippen molar-refractivity contribution in [3.63, 3.8) is 0 Å². The maximum atomic E-state index is 12.7. The number of aryl methyl sites for hydroxylation is 1. The molecular weight excluding hydrogens is 288 g/mol. The van der Waals surface area contributed by atoms with Crippen LogP contribution in [0.3, 0.4) is 0 Å². The van der Waals surface area contributed by atoms with Crippen LogP contribution in [0.1, 0.15) is 47.7 Å². The van der Waals surface area contributed by atoms with Gasteiger partial charge in [-0.3, -0.25) is 9.89 Å².